The van der Waals surface area contributed by atoms with Crippen LogP contribution >= 0.6 is 0 Å². The molecule has 0 atom stereocenters. The van der Waals surface area contributed by atoms with E-state index in [0.717, 1.165) is 7.11 Å². The minimum absolute atomic E-state index is 0.394. The van der Waals surface area contributed by atoms with E-state index in [2.05, 4.69) is 5.73 Å². The molecule has 0 aliphatic heterocycles. The summed E-state index contributed by atoms with van der Waals surface area (Å²) in [5.41, 5.74) is 4.49. The van der Waals surface area contributed by atoms with Gasteiger partial charge in [-0.2, -0.15) is 0 Å². The van der Waals surface area contributed by atoms with Gasteiger partial charge in [-0.1, -0.05) is 0 Å². The summed E-state index contributed by atoms with van der Waals surface area (Å²) in [5, 5.41) is 16.7. The summed E-state index contributed by atoms with van der Waals surface area (Å²) >= 11 is 0. The maximum atomic E-state index is 9.55. The molecule has 0 heterocycles. The van der Waals surface area contributed by atoms with E-state index in [-0.39, 0.29) is 0 Å². The Bertz CT molecular complexity index is 56.5. The molecule has 0 saturated carbocycles. The Morgan fingerprint density at radius 1 is 1.75 bits per heavy atom. The van der Waals surface area contributed by atoms with Crippen molar-refractivity contribution in [2.45, 2.75) is 0 Å². The summed E-state index contributed by atoms with van der Waals surface area (Å²) in [6.45, 7) is -0.394. The van der Waals surface area contributed by atoms with Crippen molar-refractivity contribution in [3.63, 3.8) is 0 Å². The average Bonchev–Trinajstić information content (AvgIpc) is 1.72. The molecule has 0 aliphatic rings. The Labute approximate surface area is 47.1 Å². The topological polar surface area (TPSA) is 95.6 Å². The lowest BCUT2D eigenvalue weighted by Gasteiger charge is -1.88. The SMILES string of the molecule is CO.NC(=O)NCO. The third-order valence-corrected chi connectivity index (χ3v) is 0.253. The highest BCUT2D eigenvalue weighted by molar-refractivity contribution is 5.71. The molecule has 0 unspecified atom stereocenters. The van der Waals surface area contributed by atoms with Crippen molar-refractivity contribution in [3.8, 4) is 0 Å². The van der Waals surface area contributed by atoms with Gasteiger partial charge in [0.15, 0.2) is 0 Å². The van der Waals surface area contributed by atoms with E-state index in [0.29, 0.717) is 0 Å². The van der Waals surface area contributed by atoms with Crippen LogP contribution in [0.4, 0.5) is 4.79 Å². The largest absolute Gasteiger partial charge is 0.400 e. The van der Waals surface area contributed by atoms with Crippen molar-refractivity contribution < 1.29 is 15.0 Å². The van der Waals surface area contributed by atoms with E-state index in [9.17, 15) is 4.79 Å². The minimum atomic E-state index is -0.711. The molecular formula is C3H10N2O3. The van der Waals surface area contributed by atoms with Crippen molar-refractivity contribution >= 4 is 6.03 Å². The van der Waals surface area contributed by atoms with Crippen LogP contribution in [0.3, 0.4) is 0 Å². The Kier molecular flexibility index (Phi) is 12.1. The number of urea groups is 1. The third-order valence-electron chi connectivity index (χ3n) is 0.253. The minimum Gasteiger partial charge on any atom is -0.400 e. The first-order valence-electron chi connectivity index (χ1n) is 1.86. The quantitative estimate of drug-likeness (QED) is 0.309. The molecule has 5 heteroatoms. The number of nitrogens with two attached hydrogens (primary N) is 1. The number of amides is 2. The molecule has 5 N–H and O–H groups in total. The second-order valence-electron chi connectivity index (χ2n) is 0.699. The van der Waals surface area contributed by atoms with Crippen molar-refractivity contribution in [3.05, 3.63) is 0 Å². The highest BCUT2D eigenvalue weighted by Crippen LogP contribution is 1.45. The van der Waals surface area contributed by atoms with Gasteiger partial charge in [0, 0.05) is 7.11 Å². The predicted octanol–water partition coefficient (Wildman–Crippen LogP) is -1.79. The van der Waals surface area contributed by atoms with Crippen LogP contribution in [0.2, 0.25) is 0 Å². The van der Waals surface area contributed by atoms with Crippen LogP contribution < -0.4 is 11.1 Å². The normalized spacial score (nSPS) is 6.38. The molecule has 0 rings (SSSR count). The second-order valence-corrected chi connectivity index (χ2v) is 0.699. The third kappa shape index (κ3) is 19.0. The van der Waals surface area contributed by atoms with E-state index < -0.39 is 12.8 Å². The second kappa shape index (κ2) is 9.50. The van der Waals surface area contributed by atoms with Crippen LogP contribution in [0.15, 0.2) is 0 Å². The van der Waals surface area contributed by atoms with Crippen LogP contribution in [-0.2, 0) is 0 Å². The number of aliphatic hydroxyl groups excluding tert-OH is 2. The summed E-state index contributed by atoms with van der Waals surface area (Å²) in [4.78, 5) is 9.55. The molecule has 0 radical (unpaired) electrons. The number of hydrogen-bond donors (Lipinski definition) is 4. The Balaban J connectivity index is 0. The highest BCUT2D eigenvalue weighted by atomic mass is 16.3. The summed E-state index contributed by atoms with van der Waals surface area (Å²) in [6.07, 6.45) is 0. The van der Waals surface area contributed by atoms with E-state index in [1.807, 2.05) is 5.32 Å². The van der Waals surface area contributed by atoms with Crippen LogP contribution in [-0.4, -0.2) is 30.1 Å². The van der Waals surface area contributed by atoms with Crippen LogP contribution in [0.5, 0.6) is 0 Å². The number of carbonyl (C=O) groups excluding carboxylic acids is 1. The van der Waals surface area contributed by atoms with E-state index in [1.165, 1.54) is 0 Å². The molecule has 8 heavy (non-hydrogen) atoms. The van der Waals surface area contributed by atoms with E-state index in [1.54, 1.807) is 0 Å². The van der Waals surface area contributed by atoms with Gasteiger partial charge in [-0.25, -0.2) is 4.79 Å². The molecule has 5 nitrogen and oxygen atoms in total. The maximum Gasteiger partial charge on any atom is 0.313 e. The summed E-state index contributed by atoms with van der Waals surface area (Å²) in [6, 6.07) is -0.711. The fourth-order valence-corrected chi connectivity index (χ4v) is 0.0779. The monoisotopic (exact) mass is 122 g/mol. The van der Waals surface area contributed by atoms with Gasteiger partial charge < -0.3 is 21.3 Å². The van der Waals surface area contributed by atoms with Crippen molar-refractivity contribution in [2.24, 2.45) is 5.73 Å². The predicted molar refractivity (Wildman–Crippen MR) is 27.9 cm³/mol. The fraction of sp³-hybridized carbons (Fsp3) is 0.667. The number of rotatable bonds is 1. The van der Waals surface area contributed by atoms with Crippen molar-refractivity contribution in [1.29, 1.82) is 0 Å². The number of aliphatic hydroxyl groups is 2. The Hall–Kier alpha value is -0.810. The van der Waals surface area contributed by atoms with Gasteiger partial charge in [-0.3, -0.25) is 0 Å². The molecule has 0 aromatic rings. The van der Waals surface area contributed by atoms with Gasteiger partial charge in [0.1, 0.15) is 6.73 Å². The Morgan fingerprint density at radius 3 is 2.12 bits per heavy atom. The molecular weight excluding hydrogens is 112 g/mol. The van der Waals surface area contributed by atoms with Gasteiger partial charge in [0.2, 0.25) is 0 Å². The first kappa shape index (κ1) is 10.2. The van der Waals surface area contributed by atoms with Crippen LogP contribution in [0.1, 0.15) is 0 Å². The summed E-state index contributed by atoms with van der Waals surface area (Å²) in [7, 11) is 1.00. The van der Waals surface area contributed by atoms with E-state index in [4.69, 9.17) is 10.2 Å². The van der Waals surface area contributed by atoms with Gasteiger partial charge in [0.05, 0.1) is 0 Å². The average molecular weight is 122 g/mol. The van der Waals surface area contributed by atoms with E-state index >= 15 is 0 Å². The van der Waals surface area contributed by atoms with Gasteiger partial charge in [0.25, 0.3) is 0 Å². The van der Waals surface area contributed by atoms with Crippen molar-refractivity contribution in [1.82, 2.24) is 5.32 Å². The Morgan fingerprint density at radius 2 is 2.12 bits per heavy atom. The lowest BCUT2D eigenvalue weighted by molar-refractivity contribution is 0.225. The smallest absolute Gasteiger partial charge is 0.313 e. The lowest BCUT2D eigenvalue weighted by atomic mass is 11.0. The van der Waals surface area contributed by atoms with Gasteiger partial charge >= 0.3 is 6.03 Å². The molecule has 0 aromatic carbocycles. The number of carbonyl (C=O) groups is 1. The van der Waals surface area contributed by atoms with Crippen LogP contribution in [0.25, 0.3) is 0 Å². The molecule has 50 valence electrons. The number of primary amides is 1. The summed E-state index contributed by atoms with van der Waals surface area (Å²) < 4.78 is 0. The summed E-state index contributed by atoms with van der Waals surface area (Å²) in [5.74, 6) is 0. The molecule has 0 spiro atoms. The molecule has 0 saturated heterocycles. The molecule has 0 aromatic heterocycles. The zero-order valence-corrected chi connectivity index (χ0v) is 4.59. The molecule has 0 aliphatic carbocycles. The van der Waals surface area contributed by atoms with Crippen molar-refractivity contribution in [2.75, 3.05) is 13.8 Å². The molecule has 2 amide bonds. The number of nitrogens with one attached hydrogen (secondary N) is 1. The first-order chi connectivity index (χ1) is 3.77. The molecule has 0 bridgehead atoms. The lowest BCUT2D eigenvalue weighted by Crippen LogP contribution is -2.29. The fourth-order valence-electron chi connectivity index (χ4n) is 0.0779. The standard InChI is InChI=1S/C2H6N2O2.CH4O/c3-2(6)4-1-5;1-2/h5H,1H2,(H3,3,4,6);2H,1H3. The van der Waals surface area contributed by atoms with Gasteiger partial charge in [-0.15, -0.1) is 0 Å². The first-order valence-corrected chi connectivity index (χ1v) is 1.86. The maximum absolute atomic E-state index is 9.55. The van der Waals surface area contributed by atoms with Crippen LogP contribution in [0, 0.1) is 0 Å². The number of hydrogen-bond acceptors (Lipinski definition) is 3. The molecule has 0 fully saturated rings. The highest BCUT2D eigenvalue weighted by Gasteiger charge is 1.80. The zero-order chi connectivity index (χ0) is 6.99. The van der Waals surface area contributed by atoms with Gasteiger partial charge in [-0.05, 0) is 0 Å². The zero-order valence-electron chi connectivity index (χ0n) is 4.59.